The summed E-state index contributed by atoms with van der Waals surface area (Å²) in [5, 5.41) is 2.80. The van der Waals surface area contributed by atoms with Gasteiger partial charge in [-0.2, -0.15) is 4.31 Å². The van der Waals surface area contributed by atoms with Gasteiger partial charge in [0, 0.05) is 18.8 Å². The molecular formula is C23H30N2O4S. The molecule has 2 aromatic carbocycles. The van der Waals surface area contributed by atoms with Crippen LogP contribution in [-0.4, -0.2) is 37.8 Å². The quantitative estimate of drug-likeness (QED) is 0.707. The van der Waals surface area contributed by atoms with Gasteiger partial charge in [-0.25, -0.2) is 8.42 Å². The Bertz CT molecular complexity index is 965. The Balaban J connectivity index is 1.64. The van der Waals surface area contributed by atoms with Crippen molar-refractivity contribution in [2.24, 2.45) is 0 Å². The highest BCUT2D eigenvalue weighted by molar-refractivity contribution is 7.89. The number of amides is 1. The number of hydrogen-bond acceptors (Lipinski definition) is 4. The molecule has 1 aliphatic heterocycles. The lowest BCUT2D eigenvalue weighted by Crippen LogP contribution is -2.35. The van der Waals surface area contributed by atoms with Crippen LogP contribution in [0.1, 0.15) is 51.5 Å². The van der Waals surface area contributed by atoms with Gasteiger partial charge in [-0.3, -0.25) is 4.79 Å². The topological polar surface area (TPSA) is 75.7 Å². The fraction of sp³-hybridized carbons (Fsp3) is 0.435. The molecule has 1 heterocycles. The number of nitrogens with one attached hydrogen (secondary N) is 1. The molecule has 0 spiro atoms. The number of carbonyl (C=O) groups excluding carboxylic acids is 1. The second kappa shape index (κ2) is 9.62. The van der Waals surface area contributed by atoms with E-state index in [1.807, 2.05) is 24.3 Å². The Morgan fingerprint density at radius 2 is 1.60 bits per heavy atom. The maximum absolute atomic E-state index is 12.7. The van der Waals surface area contributed by atoms with Gasteiger partial charge in [0.2, 0.25) is 10.0 Å². The number of rotatable bonds is 7. The van der Waals surface area contributed by atoms with Crippen LogP contribution in [0.3, 0.4) is 0 Å². The van der Waals surface area contributed by atoms with Crippen molar-refractivity contribution in [1.29, 1.82) is 0 Å². The monoisotopic (exact) mass is 430 g/mol. The van der Waals surface area contributed by atoms with Crippen molar-refractivity contribution in [3.8, 4) is 5.75 Å². The Kier molecular flexibility index (Phi) is 7.15. The lowest BCUT2D eigenvalue weighted by molar-refractivity contribution is -0.122. The molecule has 162 valence electrons. The normalized spacial score (nSPS) is 16.3. The lowest BCUT2D eigenvalue weighted by atomic mass is 10.0. The van der Waals surface area contributed by atoms with Gasteiger partial charge in [-0.1, -0.05) is 38.5 Å². The van der Waals surface area contributed by atoms with Crippen LogP contribution in [0.5, 0.6) is 5.75 Å². The summed E-state index contributed by atoms with van der Waals surface area (Å²) < 4.78 is 32.9. The van der Waals surface area contributed by atoms with E-state index in [0.29, 0.717) is 24.5 Å². The van der Waals surface area contributed by atoms with Crippen molar-refractivity contribution in [1.82, 2.24) is 4.31 Å². The highest BCUT2D eigenvalue weighted by atomic mass is 32.2. The van der Waals surface area contributed by atoms with E-state index in [0.717, 1.165) is 24.8 Å². The summed E-state index contributed by atoms with van der Waals surface area (Å²) in [6, 6.07) is 14.0. The minimum Gasteiger partial charge on any atom is -0.481 e. The van der Waals surface area contributed by atoms with Gasteiger partial charge in [0.1, 0.15) is 5.75 Å². The third kappa shape index (κ3) is 5.21. The van der Waals surface area contributed by atoms with E-state index in [-0.39, 0.29) is 16.7 Å². The Morgan fingerprint density at radius 1 is 0.967 bits per heavy atom. The van der Waals surface area contributed by atoms with Crippen LogP contribution in [0, 0.1) is 0 Å². The number of ether oxygens (including phenoxy) is 1. The Morgan fingerprint density at radius 3 is 2.23 bits per heavy atom. The molecule has 0 unspecified atom stereocenters. The number of para-hydroxylation sites is 1. The number of piperidine rings is 1. The van der Waals surface area contributed by atoms with Crippen LogP contribution >= 0.6 is 0 Å². The highest BCUT2D eigenvalue weighted by Gasteiger charge is 2.26. The molecule has 0 aromatic heterocycles. The first kappa shape index (κ1) is 22.3. The number of anilines is 1. The van der Waals surface area contributed by atoms with Gasteiger partial charge < -0.3 is 10.1 Å². The van der Waals surface area contributed by atoms with E-state index < -0.39 is 16.1 Å². The molecule has 7 heteroatoms. The number of benzene rings is 2. The summed E-state index contributed by atoms with van der Waals surface area (Å²) in [4.78, 5) is 12.8. The van der Waals surface area contributed by atoms with Gasteiger partial charge in [0.15, 0.2) is 6.10 Å². The van der Waals surface area contributed by atoms with E-state index >= 15 is 0 Å². The third-order valence-corrected chi connectivity index (χ3v) is 7.20. The average molecular weight is 431 g/mol. The molecule has 1 atom stereocenters. The molecule has 3 rings (SSSR count). The number of sulfonamides is 1. The molecule has 1 fully saturated rings. The third-order valence-electron chi connectivity index (χ3n) is 5.29. The Labute approximate surface area is 179 Å². The van der Waals surface area contributed by atoms with Crippen LogP contribution < -0.4 is 10.1 Å². The first-order valence-electron chi connectivity index (χ1n) is 10.5. The summed E-state index contributed by atoms with van der Waals surface area (Å²) in [5.41, 5.74) is 1.58. The zero-order valence-electron chi connectivity index (χ0n) is 17.8. The fourth-order valence-electron chi connectivity index (χ4n) is 3.52. The first-order valence-corrected chi connectivity index (χ1v) is 11.9. The van der Waals surface area contributed by atoms with Crippen molar-refractivity contribution in [2.45, 2.75) is 57.0 Å². The van der Waals surface area contributed by atoms with E-state index in [4.69, 9.17) is 4.74 Å². The van der Waals surface area contributed by atoms with E-state index in [9.17, 15) is 13.2 Å². The predicted octanol–water partition coefficient (Wildman–Crippen LogP) is 4.39. The maximum Gasteiger partial charge on any atom is 0.265 e. The summed E-state index contributed by atoms with van der Waals surface area (Å²) in [7, 11) is -3.48. The molecule has 1 aliphatic rings. The van der Waals surface area contributed by atoms with Gasteiger partial charge >= 0.3 is 0 Å². The lowest BCUT2D eigenvalue weighted by Gasteiger charge is -2.25. The first-order chi connectivity index (χ1) is 14.3. The highest BCUT2D eigenvalue weighted by Crippen LogP contribution is 2.27. The van der Waals surface area contributed by atoms with E-state index in [1.165, 1.54) is 4.31 Å². The van der Waals surface area contributed by atoms with Crippen LogP contribution in [0.15, 0.2) is 53.4 Å². The summed E-state index contributed by atoms with van der Waals surface area (Å²) >= 11 is 0. The fourth-order valence-corrected chi connectivity index (χ4v) is 5.03. The smallest absolute Gasteiger partial charge is 0.265 e. The van der Waals surface area contributed by atoms with Gasteiger partial charge in [-0.15, -0.1) is 0 Å². The minimum absolute atomic E-state index is 0.248. The van der Waals surface area contributed by atoms with Gasteiger partial charge in [-0.05, 0) is 61.6 Å². The number of nitrogens with zero attached hydrogens (tertiary/aromatic N) is 1. The van der Waals surface area contributed by atoms with Crippen LogP contribution in [0.2, 0.25) is 0 Å². The second-order valence-corrected chi connectivity index (χ2v) is 9.87. The molecule has 1 saturated heterocycles. The maximum atomic E-state index is 12.7. The SMILES string of the molecule is CC(C)c1ccccc1O[C@H](C)C(=O)Nc1ccc(S(=O)(=O)N2CCCCC2)cc1. The molecule has 2 aromatic rings. The molecule has 0 saturated carbocycles. The molecular weight excluding hydrogens is 400 g/mol. The minimum atomic E-state index is -3.48. The zero-order chi connectivity index (χ0) is 21.7. The van der Waals surface area contributed by atoms with E-state index in [2.05, 4.69) is 19.2 Å². The average Bonchev–Trinajstić information content (AvgIpc) is 2.75. The van der Waals surface area contributed by atoms with Crippen LogP contribution in [-0.2, 0) is 14.8 Å². The van der Waals surface area contributed by atoms with Crippen molar-refractivity contribution in [2.75, 3.05) is 18.4 Å². The zero-order valence-corrected chi connectivity index (χ0v) is 18.6. The van der Waals surface area contributed by atoms with Crippen molar-refractivity contribution >= 4 is 21.6 Å². The van der Waals surface area contributed by atoms with Crippen molar-refractivity contribution in [3.63, 3.8) is 0 Å². The molecule has 0 radical (unpaired) electrons. The predicted molar refractivity (Wildman–Crippen MR) is 118 cm³/mol. The summed E-state index contributed by atoms with van der Waals surface area (Å²) in [6.07, 6.45) is 2.16. The molecule has 0 bridgehead atoms. The summed E-state index contributed by atoms with van der Waals surface area (Å²) in [6.45, 7) is 6.97. The van der Waals surface area contributed by atoms with Crippen LogP contribution in [0.25, 0.3) is 0 Å². The van der Waals surface area contributed by atoms with Crippen LogP contribution in [0.4, 0.5) is 5.69 Å². The number of carbonyl (C=O) groups is 1. The van der Waals surface area contributed by atoms with E-state index in [1.54, 1.807) is 31.2 Å². The van der Waals surface area contributed by atoms with Crippen molar-refractivity contribution < 1.29 is 17.9 Å². The molecule has 1 amide bonds. The second-order valence-electron chi connectivity index (χ2n) is 7.93. The summed E-state index contributed by atoms with van der Waals surface area (Å²) in [5.74, 6) is 0.684. The van der Waals surface area contributed by atoms with Gasteiger partial charge in [0.25, 0.3) is 5.91 Å². The molecule has 0 aliphatic carbocycles. The molecule has 1 N–H and O–H groups in total. The Hall–Kier alpha value is -2.38. The van der Waals surface area contributed by atoms with Crippen molar-refractivity contribution in [3.05, 3.63) is 54.1 Å². The largest absolute Gasteiger partial charge is 0.481 e. The number of hydrogen-bond donors (Lipinski definition) is 1. The molecule has 6 nitrogen and oxygen atoms in total. The molecule has 30 heavy (non-hydrogen) atoms. The van der Waals surface area contributed by atoms with Gasteiger partial charge in [0.05, 0.1) is 4.90 Å². The standard InChI is InChI=1S/C23H30N2O4S/c1-17(2)21-9-5-6-10-22(21)29-18(3)23(26)24-19-11-13-20(14-12-19)30(27,28)25-15-7-4-8-16-25/h5-6,9-14,17-18H,4,7-8,15-16H2,1-3H3,(H,24,26)/t18-/m1/s1.